The van der Waals surface area contributed by atoms with Gasteiger partial charge in [0.1, 0.15) is 5.75 Å². The lowest BCUT2D eigenvalue weighted by molar-refractivity contribution is -0.122. The minimum atomic E-state index is -1.01. The average molecular weight is 325 g/mol. The smallest absolute Gasteiger partial charge is 0.335 e. The maximum absolute atomic E-state index is 12.6. The summed E-state index contributed by atoms with van der Waals surface area (Å²) < 4.78 is 5.81. The van der Waals surface area contributed by atoms with Crippen molar-refractivity contribution in [3.8, 4) is 5.75 Å². The molecule has 2 aromatic carbocycles. The van der Waals surface area contributed by atoms with E-state index in [-0.39, 0.29) is 11.5 Å². The number of anilines is 1. The third kappa shape index (κ3) is 3.25. The molecule has 3 rings (SSSR count). The van der Waals surface area contributed by atoms with Gasteiger partial charge in [0.05, 0.1) is 5.56 Å². The molecule has 1 heterocycles. The van der Waals surface area contributed by atoms with E-state index >= 15 is 0 Å². The molecule has 5 nitrogen and oxygen atoms in total. The van der Waals surface area contributed by atoms with Crippen LogP contribution in [0.5, 0.6) is 5.75 Å². The summed E-state index contributed by atoms with van der Waals surface area (Å²) in [7, 11) is 0. The first kappa shape index (κ1) is 16.1. The Balaban J connectivity index is 1.72. The molecule has 0 unspecified atom stereocenters. The highest BCUT2D eigenvalue weighted by Crippen LogP contribution is 2.26. The van der Waals surface area contributed by atoms with E-state index in [0.29, 0.717) is 24.4 Å². The van der Waals surface area contributed by atoms with E-state index in [2.05, 4.69) is 6.92 Å². The van der Waals surface area contributed by atoms with Gasteiger partial charge in [0.15, 0.2) is 6.10 Å². The van der Waals surface area contributed by atoms with Crippen molar-refractivity contribution in [1.82, 2.24) is 0 Å². The molecule has 0 radical (unpaired) electrons. The predicted octanol–water partition coefficient (Wildman–Crippen LogP) is 3.13. The number of carboxylic acids is 1. The van der Waals surface area contributed by atoms with Gasteiger partial charge in [-0.1, -0.05) is 25.1 Å². The number of amides is 1. The summed E-state index contributed by atoms with van der Waals surface area (Å²) in [5, 5.41) is 9.08. The third-order valence-electron chi connectivity index (χ3n) is 4.17. The SMILES string of the molecule is CCc1ccc(O[C@H]2CCN(c3cccc(C(=O)O)c3)C2=O)cc1. The highest BCUT2D eigenvalue weighted by atomic mass is 16.5. The fourth-order valence-corrected chi connectivity index (χ4v) is 2.79. The van der Waals surface area contributed by atoms with E-state index < -0.39 is 12.1 Å². The highest BCUT2D eigenvalue weighted by molar-refractivity contribution is 6.00. The molecule has 24 heavy (non-hydrogen) atoms. The number of aromatic carboxylic acids is 1. The molecule has 2 aromatic rings. The van der Waals surface area contributed by atoms with Gasteiger partial charge in [-0.05, 0) is 42.3 Å². The molecule has 1 N–H and O–H groups in total. The largest absolute Gasteiger partial charge is 0.481 e. The maximum Gasteiger partial charge on any atom is 0.335 e. The fourth-order valence-electron chi connectivity index (χ4n) is 2.79. The first-order chi connectivity index (χ1) is 11.6. The standard InChI is InChI=1S/C19H19NO4/c1-2-13-6-8-16(9-7-13)24-17-10-11-20(18(17)21)15-5-3-4-14(12-15)19(22)23/h3-9,12,17H,2,10-11H2,1H3,(H,22,23)/t17-/m0/s1. The second kappa shape index (κ2) is 6.74. The molecule has 1 fully saturated rings. The zero-order chi connectivity index (χ0) is 17.1. The van der Waals surface area contributed by atoms with Crippen LogP contribution in [0, 0.1) is 0 Å². The molecule has 124 valence electrons. The first-order valence-corrected chi connectivity index (χ1v) is 7.99. The van der Waals surface area contributed by atoms with Gasteiger partial charge in [0, 0.05) is 18.7 Å². The van der Waals surface area contributed by atoms with Crippen molar-refractivity contribution < 1.29 is 19.4 Å². The summed E-state index contributed by atoms with van der Waals surface area (Å²) in [5.41, 5.74) is 1.97. The monoisotopic (exact) mass is 325 g/mol. The fraction of sp³-hybridized carbons (Fsp3) is 0.263. The van der Waals surface area contributed by atoms with Gasteiger partial charge in [-0.15, -0.1) is 0 Å². The molecule has 5 heteroatoms. The van der Waals surface area contributed by atoms with Crippen LogP contribution in [-0.2, 0) is 11.2 Å². The number of ether oxygens (including phenoxy) is 1. The van der Waals surface area contributed by atoms with E-state index in [1.54, 1.807) is 17.0 Å². The summed E-state index contributed by atoms with van der Waals surface area (Å²) in [6, 6.07) is 14.1. The normalized spacial score (nSPS) is 17.1. The lowest BCUT2D eigenvalue weighted by Gasteiger charge is -2.17. The van der Waals surface area contributed by atoms with Gasteiger partial charge in [0.25, 0.3) is 5.91 Å². The van der Waals surface area contributed by atoms with Crippen LogP contribution in [0.1, 0.15) is 29.3 Å². The Bertz CT molecular complexity index is 754. The molecule has 1 aliphatic rings. The topological polar surface area (TPSA) is 66.8 Å². The Morgan fingerprint density at radius 1 is 1.25 bits per heavy atom. The number of rotatable bonds is 5. The van der Waals surface area contributed by atoms with Crippen molar-refractivity contribution in [3.05, 3.63) is 59.7 Å². The minimum Gasteiger partial charge on any atom is -0.481 e. The molecule has 1 atom stereocenters. The van der Waals surface area contributed by atoms with Crippen LogP contribution < -0.4 is 9.64 Å². The summed E-state index contributed by atoms with van der Waals surface area (Å²) in [6.07, 6.45) is 0.994. The molecular formula is C19H19NO4. The van der Waals surface area contributed by atoms with E-state index in [1.807, 2.05) is 24.3 Å². The Morgan fingerprint density at radius 3 is 2.67 bits per heavy atom. The number of carbonyl (C=O) groups is 2. The lowest BCUT2D eigenvalue weighted by atomic mass is 10.2. The first-order valence-electron chi connectivity index (χ1n) is 7.99. The van der Waals surface area contributed by atoms with E-state index in [1.165, 1.54) is 17.7 Å². The number of nitrogens with zero attached hydrogens (tertiary/aromatic N) is 1. The van der Waals surface area contributed by atoms with Crippen molar-refractivity contribution in [3.63, 3.8) is 0 Å². The Kier molecular flexibility index (Phi) is 4.51. The molecule has 0 spiro atoms. The van der Waals surface area contributed by atoms with Gasteiger partial charge < -0.3 is 14.7 Å². The summed E-state index contributed by atoms with van der Waals surface area (Å²) in [5.74, 6) is -0.476. The van der Waals surface area contributed by atoms with Crippen LogP contribution in [0.3, 0.4) is 0 Å². The number of hydrogen-bond donors (Lipinski definition) is 1. The molecule has 0 aromatic heterocycles. The van der Waals surface area contributed by atoms with Crippen LogP contribution in [-0.4, -0.2) is 29.6 Å². The Labute approximate surface area is 140 Å². The number of aryl methyl sites for hydroxylation is 1. The predicted molar refractivity (Wildman–Crippen MR) is 90.6 cm³/mol. The van der Waals surface area contributed by atoms with Gasteiger partial charge in [-0.2, -0.15) is 0 Å². The van der Waals surface area contributed by atoms with Crippen LogP contribution in [0.25, 0.3) is 0 Å². The minimum absolute atomic E-state index is 0.142. The van der Waals surface area contributed by atoms with Crippen molar-refractivity contribution in [1.29, 1.82) is 0 Å². The van der Waals surface area contributed by atoms with E-state index in [4.69, 9.17) is 9.84 Å². The van der Waals surface area contributed by atoms with E-state index in [9.17, 15) is 9.59 Å². The van der Waals surface area contributed by atoms with Gasteiger partial charge in [-0.3, -0.25) is 4.79 Å². The zero-order valence-corrected chi connectivity index (χ0v) is 13.4. The molecule has 0 bridgehead atoms. The van der Waals surface area contributed by atoms with Crippen LogP contribution in [0.2, 0.25) is 0 Å². The van der Waals surface area contributed by atoms with Crippen LogP contribution >= 0.6 is 0 Å². The Morgan fingerprint density at radius 2 is 2.00 bits per heavy atom. The maximum atomic E-state index is 12.6. The molecule has 1 aliphatic heterocycles. The number of carbonyl (C=O) groups excluding carboxylic acids is 1. The van der Waals surface area contributed by atoms with Crippen LogP contribution in [0.15, 0.2) is 48.5 Å². The van der Waals surface area contributed by atoms with Crippen LogP contribution in [0.4, 0.5) is 5.69 Å². The Hall–Kier alpha value is -2.82. The number of hydrogen-bond acceptors (Lipinski definition) is 3. The summed E-state index contributed by atoms with van der Waals surface area (Å²) >= 11 is 0. The third-order valence-corrected chi connectivity index (χ3v) is 4.17. The van der Waals surface area contributed by atoms with Crippen molar-refractivity contribution in [2.75, 3.05) is 11.4 Å². The highest BCUT2D eigenvalue weighted by Gasteiger charge is 2.34. The molecule has 1 amide bonds. The summed E-state index contributed by atoms with van der Waals surface area (Å²) in [4.78, 5) is 25.2. The second-order valence-corrected chi connectivity index (χ2v) is 5.74. The molecule has 1 saturated heterocycles. The second-order valence-electron chi connectivity index (χ2n) is 5.74. The number of benzene rings is 2. The van der Waals surface area contributed by atoms with Crippen molar-refractivity contribution in [2.45, 2.75) is 25.9 Å². The van der Waals surface area contributed by atoms with Gasteiger partial charge in [0.2, 0.25) is 0 Å². The van der Waals surface area contributed by atoms with Gasteiger partial charge >= 0.3 is 5.97 Å². The number of carboxylic acid groups (broad SMARTS) is 1. The van der Waals surface area contributed by atoms with Crippen molar-refractivity contribution >= 4 is 17.6 Å². The summed E-state index contributed by atoms with van der Waals surface area (Å²) in [6.45, 7) is 2.60. The lowest BCUT2D eigenvalue weighted by Crippen LogP contribution is -2.32. The van der Waals surface area contributed by atoms with E-state index in [0.717, 1.165) is 6.42 Å². The molecule has 0 aliphatic carbocycles. The molecular weight excluding hydrogens is 306 g/mol. The van der Waals surface area contributed by atoms with Crippen molar-refractivity contribution in [2.24, 2.45) is 0 Å². The average Bonchev–Trinajstić information content (AvgIpc) is 2.96. The van der Waals surface area contributed by atoms with Gasteiger partial charge in [-0.25, -0.2) is 4.79 Å². The molecule has 0 saturated carbocycles. The zero-order valence-electron chi connectivity index (χ0n) is 13.4. The quantitative estimate of drug-likeness (QED) is 0.917.